The van der Waals surface area contributed by atoms with E-state index in [4.69, 9.17) is 0 Å². The lowest BCUT2D eigenvalue weighted by atomic mass is 9.31. The maximum absolute atomic E-state index is 2.50. The summed E-state index contributed by atoms with van der Waals surface area (Å²) in [6.07, 6.45) is 4.38. The Morgan fingerprint density at radius 3 is 2.08 bits per heavy atom. The van der Waals surface area contributed by atoms with Crippen LogP contribution in [0.5, 0.6) is 0 Å². The molecule has 0 heterocycles. The molecule has 0 aliphatic heterocycles. The van der Waals surface area contributed by atoms with Crippen molar-refractivity contribution in [2.24, 2.45) is 22.2 Å². The van der Waals surface area contributed by atoms with Crippen molar-refractivity contribution in [1.29, 1.82) is 0 Å². The molecular formula is C12H22. The second kappa shape index (κ2) is 1.91. The molecule has 2 bridgehead atoms. The van der Waals surface area contributed by atoms with Gasteiger partial charge in [0.05, 0.1) is 0 Å². The van der Waals surface area contributed by atoms with Crippen LogP contribution in [0.25, 0.3) is 0 Å². The summed E-state index contributed by atoms with van der Waals surface area (Å²) in [6.45, 7) is 12.4. The fraction of sp³-hybridized carbons (Fsp3) is 1.00. The molecule has 3 fully saturated rings. The molecule has 0 nitrogen and oxygen atoms in total. The molecular weight excluding hydrogens is 144 g/mol. The second-order valence-corrected chi connectivity index (χ2v) is 6.22. The van der Waals surface area contributed by atoms with Crippen LogP contribution in [0.15, 0.2) is 0 Å². The summed E-state index contributed by atoms with van der Waals surface area (Å²) in [6, 6.07) is 0. The van der Waals surface area contributed by atoms with Crippen molar-refractivity contribution in [3.05, 3.63) is 0 Å². The zero-order valence-corrected chi connectivity index (χ0v) is 9.20. The molecule has 0 heteroatoms. The molecule has 0 aromatic heterocycles. The van der Waals surface area contributed by atoms with Crippen LogP contribution < -0.4 is 0 Å². The maximum Gasteiger partial charge on any atom is -0.0238 e. The lowest BCUT2D eigenvalue weighted by molar-refractivity contribution is -0.244. The van der Waals surface area contributed by atoms with Gasteiger partial charge in [0.2, 0.25) is 0 Å². The molecule has 0 aromatic carbocycles. The predicted octanol–water partition coefficient (Wildman–Crippen LogP) is 3.86. The van der Waals surface area contributed by atoms with Gasteiger partial charge in [0, 0.05) is 0 Å². The Bertz CT molecular complexity index is 213. The first-order chi connectivity index (χ1) is 5.33. The van der Waals surface area contributed by atoms with Crippen molar-refractivity contribution >= 4 is 0 Å². The minimum absolute atomic E-state index is 0.581. The van der Waals surface area contributed by atoms with Gasteiger partial charge in [-0.1, -0.05) is 34.6 Å². The first-order valence-electron chi connectivity index (χ1n) is 5.33. The van der Waals surface area contributed by atoms with Crippen molar-refractivity contribution in [3.8, 4) is 0 Å². The van der Waals surface area contributed by atoms with Crippen LogP contribution in [0.4, 0.5) is 0 Å². The molecule has 0 aromatic rings. The van der Waals surface area contributed by atoms with Crippen LogP contribution >= 0.6 is 0 Å². The molecule has 1 unspecified atom stereocenters. The Hall–Kier alpha value is 0. The molecule has 12 heavy (non-hydrogen) atoms. The molecule has 70 valence electrons. The van der Waals surface area contributed by atoms with Crippen molar-refractivity contribution < 1.29 is 0 Å². The van der Waals surface area contributed by atoms with Gasteiger partial charge < -0.3 is 0 Å². The summed E-state index contributed by atoms with van der Waals surface area (Å²) in [4.78, 5) is 0. The highest BCUT2D eigenvalue weighted by atomic mass is 14.7. The van der Waals surface area contributed by atoms with Crippen LogP contribution in [0.1, 0.15) is 53.9 Å². The van der Waals surface area contributed by atoms with E-state index in [-0.39, 0.29) is 0 Å². The van der Waals surface area contributed by atoms with E-state index in [0.717, 1.165) is 5.92 Å². The largest absolute Gasteiger partial charge is 0.0620 e. The topological polar surface area (TPSA) is 0 Å². The van der Waals surface area contributed by atoms with Gasteiger partial charge in [-0.15, -0.1) is 0 Å². The van der Waals surface area contributed by atoms with Crippen LogP contribution in [-0.4, -0.2) is 0 Å². The van der Waals surface area contributed by atoms with E-state index in [1.807, 2.05) is 0 Å². The highest BCUT2D eigenvalue weighted by Gasteiger charge is 2.67. The van der Waals surface area contributed by atoms with Gasteiger partial charge in [0.25, 0.3) is 0 Å². The van der Waals surface area contributed by atoms with Gasteiger partial charge in [0.15, 0.2) is 0 Å². The molecule has 3 atom stereocenters. The van der Waals surface area contributed by atoms with E-state index < -0.39 is 0 Å². The molecule has 0 N–H and O–H groups in total. The van der Waals surface area contributed by atoms with Crippen LogP contribution in [0.2, 0.25) is 0 Å². The summed E-state index contributed by atoms with van der Waals surface area (Å²) in [5.74, 6) is 0.939. The minimum Gasteiger partial charge on any atom is -0.0620 e. The first-order valence-corrected chi connectivity index (χ1v) is 5.33. The Labute approximate surface area is 76.7 Å². The van der Waals surface area contributed by atoms with Crippen LogP contribution in [0.3, 0.4) is 0 Å². The monoisotopic (exact) mass is 166 g/mol. The van der Waals surface area contributed by atoms with Gasteiger partial charge >= 0.3 is 0 Å². The SMILES string of the molecule is CC1CC[C@@]2(C)C[C@]1(C)C2(C)C. The Balaban J connectivity index is 2.36. The normalized spacial score (nSPS) is 56.2. The van der Waals surface area contributed by atoms with Gasteiger partial charge in [-0.3, -0.25) is 0 Å². The zero-order valence-electron chi connectivity index (χ0n) is 9.20. The molecule has 0 amide bonds. The Morgan fingerprint density at radius 2 is 1.67 bits per heavy atom. The average Bonchev–Trinajstić information content (AvgIpc) is 1.97. The fourth-order valence-electron chi connectivity index (χ4n) is 3.88. The van der Waals surface area contributed by atoms with Crippen LogP contribution in [0, 0.1) is 22.2 Å². The number of hydrogen-bond acceptors (Lipinski definition) is 0. The van der Waals surface area contributed by atoms with Crippen molar-refractivity contribution in [2.75, 3.05) is 0 Å². The third kappa shape index (κ3) is 0.625. The highest BCUT2D eigenvalue weighted by Crippen LogP contribution is 2.75. The summed E-state index contributed by atoms with van der Waals surface area (Å²) in [5.41, 5.74) is 1.88. The number of rotatable bonds is 0. The van der Waals surface area contributed by atoms with E-state index in [1.54, 1.807) is 0 Å². The van der Waals surface area contributed by atoms with E-state index in [1.165, 1.54) is 19.3 Å². The third-order valence-corrected chi connectivity index (χ3v) is 5.91. The Morgan fingerprint density at radius 1 is 1.08 bits per heavy atom. The molecule has 3 aliphatic rings. The lowest BCUT2D eigenvalue weighted by Gasteiger charge is -2.73. The quantitative estimate of drug-likeness (QED) is 0.512. The van der Waals surface area contributed by atoms with Gasteiger partial charge in [-0.2, -0.15) is 0 Å². The number of hydrogen-bond donors (Lipinski definition) is 0. The van der Waals surface area contributed by atoms with E-state index in [2.05, 4.69) is 34.6 Å². The van der Waals surface area contributed by atoms with E-state index in [0.29, 0.717) is 16.2 Å². The minimum atomic E-state index is 0.581. The average molecular weight is 166 g/mol. The Kier molecular flexibility index (Phi) is 1.37. The van der Waals surface area contributed by atoms with Crippen molar-refractivity contribution in [3.63, 3.8) is 0 Å². The van der Waals surface area contributed by atoms with Crippen molar-refractivity contribution in [1.82, 2.24) is 0 Å². The molecule has 3 aliphatic carbocycles. The second-order valence-electron chi connectivity index (χ2n) is 6.22. The van der Waals surface area contributed by atoms with E-state index >= 15 is 0 Å². The standard InChI is InChI=1S/C12H22/c1-9-6-7-11(4)8-12(9,5)10(11,2)3/h9H,6-8H2,1-5H3/t9?,11-,12-/m0/s1. The third-order valence-electron chi connectivity index (χ3n) is 5.91. The van der Waals surface area contributed by atoms with E-state index in [9.17, 15) is 0 Å². The molecule has 3 saturated carbocycles. The van der Waals surface area contributed by atoms with Crippen molar-refractivity contribution in [2.45, 2.75) is 53.9 Å². The molecule has 0 radical (unpaired) electrons. The lowest BCUT2D eigenvalue weighted by Crippen LogP contribution is -2.65. The highest BCUT2D eigenvalue weighted by molar-refractivity contribution is 5.16. The van der Waals surface area contributed by atoms with Crippen LogP contribution in [-0.2, 0) is 0 Å². The summed E-state index contributed by atoms with van der Waals surface area (Å²) < 4.78 is 0. The molecule has 0 spiro atoms. The molecule has 0 saturated heterocycles. The number of fused-ring (bicyclic) bond motifs is 2. The summed E-state index contributed by atoms with van der Waals surface area (Å²) >= 11 is 0. The van der Waals surface area contributed by atoms with Gasteiger partial charge in [-0.05, 0) is 41.4 Å². The van der Waals surface area contributed by atoms with Gasteiger partial charge in [-0.25, -0.2) is 0 Å². The molecule has 3 rings (SSSR count). The predicted molar refractivity (Wildman–Crippen MR) is 53.0 cm³/mol. The fourth-order valence-corrected chi connectivity index (χ4v) is 3.88. The van der Waals surface area contributed by atoms with Gasteiger partial charge in [0.1, 0.15) is 0 Å². The first kappa shape index (κ1) is 8.59. The smallest absolute Gasteiger partial charge is 0.0238 e. The summed E-state index contributed by atoms with van der Waals surface area (Å²) in [5, 5.41) is 0. The summed E-state index contributed by atoms with van der Waals surface area (Å²) in [7, 11) is 0. The zero-order chi connectivity index (χ0) is 9.20. The maximum atomic E-state index is 2.50.